The van der Waals surface area contributed by atoms with Gasteiger partial charge in [0, 0.05) is 26.6 Å². The quantitative estimate of drug-likeness (QED) is 0.632. The number of carbonyl (C=O) groups excluding carboxylic acids is 1. The Hall–Kier alpha value is -0.610. The molecule has 1 aliphatic rings. The minimum Gasteiger partial charge on any atom is -0.462 e. The van der Waals surface area contributed by atoms with Crippen molar-refractivity contribution in [2.45, 2.75) is 39.2 Å². The molecule has 0 bridgehead atoms. The van der Waals surface area contributed by atoms with Crippen molar-refractivity contribution in [3.8, 4) is 0 Å². The molecule has 1 rings (SSSR count). The molecule has 0 aliphatic carbocycles. The van der Waals surface area contributed by atoms with Crippen LogP contribution >= 0.6 is 0 Å². The van der Waals surface area contributed by atoms with Crippen LogP contribution in [-0.4, -0.2) is 36.0 Å². The van der Waals surface area contributed by atoms with E-state index in [1.807, 2.05) is 13.8 Å². The molecular weight excluding hydrogens is 172 g/mol. The van der Waals surface area contributed by atoms with E-state index in [-0.39, 0.29) is 18.7 Å². The predicted octanol–water partition coefficient (Wildman–Crippen LogP) is 0.709. The highest BCUT2D eigenvalue weighted by molar-refractivity contribution is 5.71. The fraction of sp³-hybridized carbons (Fsp3) is 0.889. The van der Waals surface area contributed by atoms with Crippen LogP contribution in [0, 0.1) is 0 Å². The Morgan fingerprint density at radius 1 is 1.46 bits per heavy atom. The summed E-state index contributed by atoms with van der Waals surface area (Å²) in [7, 11) is 1.00. The highest BCUT2D eigenvalue weighted by atomic mass is 16.5. The van der Waals surface area contributed by atoms with Crippen molar-refractivity contribution in [1.82, 2.24) is 0 Å². The Balaban J connectivity index is 0. The van der Waals surface area contributed by atoms with Gasteiger partial charge in [0.15, 0.2) is 0 Å². The average Bonchev–Trinajstić information content (AvgIpc) is 2.59. The Bertz CT molecular complexity index is 114. The Kier molecular flexibility index (Phi) is 13.0. The molecule has 0 spiro atoms. The zero-order valence-corrected chi connectivity index (χ0v) is 8.62. The number of hydrogen-bond acceptors (Lipinski definition) is 4. The third kappa shape index (κ3) is 7.74. The number of hydrogen-bond donors (Lipinski definition) is 2. The number of carbonyl (C=O) groups is 1. The Morgan fingerprint density at radius 3 is 2.31 bits per heavy atom. The van der Waals surface area contributed by atoms with Crippen LogP contribution in [0.15, 0.2) is 0 Å². The monoisotopic (exact) mass is 192 g/mol. The van der Waals surface area contributed by atoms with E-state index in [1.165, 1.54) is 0 Å². The third-order valence-electron chi connectivity index (χ3n) is 1.42. The summed E-state index contributed by atoms with van der Waals surface area (Å²) in [5, 5.41) is 15.4. The lowest BCUT2D eigenvalue weighted by Gasteiger charge is -2.04. The fourth-order valence-corrected chi connectivity index (χ4v) is 0.930. The molecule has 1 saturated heterocycles. The first-order chi connectivity index (χ1) is 6.33. The van der Waals surface area contributed by atoms with Gasteiger partial charge in [0.05, 0.1) is 0 Å². The summed E-state index contributed by atoms with van der Waals surface area (Å²) in [6, 6.07) is 0. The van der Waals surface area contributed by atoms with Crippen LogP contribution in [0.25, 0.3) is 0 Å². The van der Waals surface area contributed by atoms with E-state index in [2.05, 4.69) is 0 Å². The van der Waals surface area contributed by atoms with Crippen LogP contribution in [0.4, 0.5) is 0 Å². The van der Waals surface area contributed by atoms with Crippen LogP contribution in [0.3, 0.4) is 0 Å². The summed E-state index contributed by atoms with van der Waals surface area (Å²) in [5.41, 5.74) is 0. The van der Waals surface area contributed by atoms with Gasteiger partial charge in [-0.25, -0.2) is 0 Å². The number of aliphatic hydroxyl groups is 2. The zero-order valence-electron chi connectivity index (χ0n) is 8.62. The van der Waals surface area contributed by atoms with Gasteiger partial charge >= 0.3 is 5.97 Å². The van der Waals surface area contributed by atoms with Crippen molar-refractivity contribution in [3.63, 3.8) is 0 Å². The number of ether oxygens (including phenoxy) is 1. The van der Waals surface area contributed by atoms with Gasteiger partial charge in [-0.1, -0.05) is 13.8 Å². The number of esters is 1. The SMILES string of the molecule is CC.CO.O=C1CCC(CCO)O1. The van der Waals surface area contributed by atoms with Crippen LogP contribution in [0.2, 0.25) is 0 Å². The van der Waals surface area contributed by atoms with Crippen molar-refractivity contribution >= 4 is 5.97 Å². The van der Waals surface area contributed by atoms with Gasteiger partial charge in [-0.05, 0) is 6.42 Å². The van der Waals surface area contributed by atoms with Gasteiger partial charge in [0.2, 0.25) is 0 Å². The molecule has 0 aromatic carbocycles. The molecule has 0 aromatic rings. The standard InChI is InChI=1S/C6H10O3.C2H6.CH4O/c7-4-3-5-1-2-6(8)9-5;2*1-2/h5,7H,1-4H2;1-2H3;2H,1H3. The summed E-state index contributed by atoms with van der Waals surface area (Å²) in [5.74, 6) is -0.131. The molecular formula is C9H20O4. The summed E-state index contributed by atoms with van der Waals surface area (Å²) < 4.78 is 4.80. The molecule has 2 N–H and O–H groups in total. The first-order valence-electron chi connectivity index (χ1n) is 4.58. The van der Waals surface area contributed by atoms with Crippen molar-refractivity contribution < 1.29 is 19.7 Å². The molecule has 0 aromatic heterocycles. The van der Waals surface area contributed by atoms with E-state index in [9.17, 15) is 4.79 Å². The Labute approximate surface area is 79.5 Å². The molecule has 0 radical (unpaired) electrons. The second kappa shape index (κ2) is 11.4. The minimum absolute atomic E-state index is 0.0116. The highest BCUT2D eigenvalue weighted by Gasteiger charge is 2.21. The van der Waals surface area contributed by atoms with E-state index in [4.69, 9.17) is 14.9 Å². The van der Waals surface area contributed by atoms with Gasteiger partial charge < -0.3 is 14.9 Å². The molecule has 13 heavy (non-hydrogen) atoms. The van der Waals surface area contributed by atoms with Crippen molar-refractivity contribution in [3.05, 3.63) is 0 Å². The first-order valence-corrected chi connectivity index (χ1v) is 4.58. The van der Waals surface area contributed by atoms with Crippen LogP contribution in [0.5, 0.6) is 0 Å². The lowest BCUT2D eigenvalue weighted by atomic mass is 10.2. The highest BCUT2D eigenvalue weighted by Crippen LogP contribution is 2.15. The van der Waals surface area contributed by atoms with Gasteiger partial charge in [-0.2, -0.15) is 0 Å². The lowest BCUT2D eigenvalue weighted by Crippen LogP contribution is -2.08. The second-order valence-corrected chi connectivity index (χ2v) is 2.16. The van der Waals surface area contributed by atoms with E-state index in [0.717, 1.165) is 13.5 Å². The molecule has 0 saturated carbocycles. The molecule has 1 unspecified atom stereocenters. The van der Waals surface area contributed by atoms with Gasteiger partial charge in [0.25, 0.3) is 0 Å². The molecule has 4 nitrogen and oxygen atoms in total. The number of aliphatic hydroxyl groups excluding tert-OH is 2. The zero-order chi connectivity index (χ0) is 10.7. The summed E-state index contributed by atoms with van der Waals surface area (Å²) in [6.07, 6.45) is 1.87. The smallest absolute Gasteiger partial charge is 0.306 e. The number of cyclic esters (lactones) is 1. The van der Waals surface area contributed by atoms with Crippen LogP contribution < -0.4 is 0 Å². The van der Waals surface area contributed by atoms with E-state index < -0.39 is 0 Å². The van der Waals surface area contributed by atoms with Crippen LogP contribution in [-0.2, 0) is 9.53 Å². The van der Waals surface area contributed by atoms with E-state index in [0.29, 0.717) is 12.8 Å². The Morgan fingerprint density at radius 2 is 2.00 bits per heavy atom. The van der Waals surface area contributed by atoms with E-state index in [1.54, 1.807) is 0 Å². The molecule has 1 atom stereocenters. The molecule has 1 aliphatic heterocycles. The minimum atomic E-state index is -0.131. The van der Waals surface area contributed by atoms with Crippen molar-refractivity contribution in [1.29, 1.82) is 0 Å². The van der Waals surface area contributed by atoms with Crippen LogP contribution in [0.1, 0.15) is 33.1 Å². The second-order valence-electron chi connectivity index (χ2n) is 2.16. The normalized spacial score (nSPS) is 19.2. The predicted molar refractivity (Wildman–Crippen MR) is 50.3 cm³/mol. The molecule has 4 heteroatoms. The summed E-state index contributed by atoms with van der Waals surface area (Å²) in [6.45, 7) is 4.11. The third-order valence-corrected chi connectivity index (χ3v) is 1.42. The topological polar surface area (TPSA) is 66.8 Å². The van der Waals surface area contributed by atoms with Crippen molar-refractivity contribution in [2.75, 3.05) is 13.7 Å². The molecule has 80 valence electrons. The lowest BCUT2D eigenvalue weighted by molar-refractivity contribution is -0.141. The average molecular weight is 192 g/mol. The maximum absolute atomic E-state index is 10.4. The summed E-state index contributed by atoms with van der Waals surface area (Å²) in [4.78, 5) is 10.4. The maximum Gasteiger partial charge on any atom is 0.306 e. The molecule has 0 amide bonds. The van der Waals surface area contributed by atoms with Gasteiger partial charge in [-0.15, -0.1) is 0 Å². The summed E-state index contributed by atoms with van der Waals surface area (Å²) >= 11 is 0. The molecule has 1 heterocycles. The van der Waals surface area contributed by atoms with Gasteiger partial charge in [0.1, 0.15) is 6.10 Å². The van der Waals surface area contributed by atoms with Crippen molar-refractivity contribution in [2.24, 2.45) is 0 Å². The van der Waals surface area contributed by atoms with Gasteiger partial charge in [-0.3, -0.25) is 4.79 Å². The largest absolute Gasteiger partial charge is 0.462 e. The first kappa shape index (κ1) is 14.9. The van der Waals surface area contributed by atoms with E-state index >= 15 is 0 Å². The number of rotatable bonds is 2. The molecule has 1 fully saturated rings. The fourth-order valence-electron chi connectivity index (χ4n) is 0.930. The maximum atomic E-state index is 10.4.